The molecule has 106 valence electrons. The zero-order valence-corrected chi connectivity index (χ0v) is 11.6. The third kappa shape index (κ3) is 3.32. The number of nitrogens with zero attached hydrogens (tertiary/aromatic N) is 3. The van der Waals surface area contributed by atoms with Crippen molar-refractivity contribution in [3.05, 3.63) is 24.0 Å². The van der Waals surface area contributed by atoms with Crippen LogP contribution in [-0.4, -0.2) is 45.0 Å². The summed E-state index contributed by atoms with van der Waals surface area (Å²) in [6.07, 6.45) is 3.15. The minimum absolute atomic E-state index is 0.000699. The lowest BCUT2D eigenvalue weighted by Gasteiger charge is -2.03. The number of carbonyl (C=O) groups is 1. The maximum atomic E-state index is 11.6. The lowest BCUT2D eigenvalue weighted by molar-refractivity contribution is 0.111. The standard InChI is InChI=1S/C11H12N4O4S/c1-15(2)7-13-20(17,18)14-11-3-8-5-12-9(6-16)4-10(8)19-11/h3-7,14H,1-2H3. The van der Waals surface area contributed by atoms with Gasteiger partial charge < -0.3 is 9.32 Å². The van der Waals surface area contributed by atoms with E-state index in [0.717, 1.165) is 6.34 Å². The summed E-state index contributed by atoms with van der Waals surface area (Å²) in [4.78, 5) is 15.9. The zero-order valence-electron chi connectivity index (χ0n) is 10.8. The van der Waals surface area contributed by atoms with E-state index in [2.05, 4.69) is 14.1 Å². The van der Waals surface area contributed by atoms with Crippen LogP contribution in [0.5, 0.6) is 0 Å². The second-order valence-corrected chi connectivity index (χ2v) is 5.50. The van der Waals surface area contributed by atoms with Crippen molar-refractivity contribution in [2.24, 2.45) is 4.40 Å². The van der Waals surface area contributed by atoms with Crippen molar-refractivity contribution in [2.45, 2.75) is 0 Å². The van der Waals surface area contributed by atoms with E-state index in [1.807, 2.05) is 0 Å². The molecule has 0 spiro atoms. The summed E-state index contributed by atoms with van der Waals surface area (Å²) >= 11 is 0. The number of furan rings is 1. The average molecular weight is 296 g/mol. The van der Waals surface area contributed by atoms with Gasteiger partial charge in [-0.3, -0.25) is 9.78 Å². The fourth-order valence-electron chi connectivity index (χ4n) is 1.37. The van der Waals surface area contributed by atoms with Crippen LogP contribution in [0.1, 0.15) is 10.5 Å². The van der Waals surface area contributed by atoms with Crippen molar-refractivity contribution in [3.8, 4) is 0 Å². The quantitative estimate of drug-likeness (QED) is 0.499. The third-order valence-electron chi connectivity index (χ3n) is 2.19. The number of rotatable bonds is 5. The summed E-state index contributed by atoms with van der Waals surface area (Å²) in [5.41, 5.74) is 0.559. The van der Waals surface area contributed by atoms with Crippen LogP contribution in [0.25, 0.3) is 11.0 Å². The first-order valence-corrected chi connectivity index (χ1v) is 6.93. The Hall–Kier alpha value is -2.42. The minimum atomic E-state index is -3.90. The molecule has 0 aliphatic rings. The number of aromatic nitrogens is 1. The van der Waals surface area contributed by atoms with E-state index in [9.17, 15) is 13.2 Å². The number of aldehydes is 1. The first-order chi connectivity index (χ1) is 9.39. The molecule has 0 amide bonds. The molecule has 0 unspecified atom stereocenters. The molecule has 0 aliphatic heterocycles. The summed E-state index contributed by atoms with van der Waals surface area (Å²) < 4.78 is 34.1. The predicted molar refractivity (Wildman–Crippen MR) is 74.1 cm³/mol. The Morgan fingerprint density at radius 1 is 1.40 bits per heavy atom. The lowest BCUT2D eigenvalue weighted by atomic mass is 10.3. The highest BCUT2D eigenvalue weighted by Crippen LogP contribution is 2.23. The van der Waals surface area contributed by atoms with Gasteiger partial charge in [0.15, 0.2) is 6.29 Å². The van der Waals surface area contributed by atoms with E-state index in [-0.39, 0.29) is 11.6 Å². The molecule has 9 heteroatoms. The van der Waals surface area contributed by atoms with Crippen molar-refractivity contribution in [1.29, 1.82) is 0 Å². The van der Waals surface area contributed by atoms with Crippen LogP contribution in [-0.2, 0) is 10.2 Å². The number of fused-ring (bicyclic) bond motifs is 1. The van der Waals surface area contributed by atoms with Crippen molar-refractivity contribution in [3.63, 3.8) is 0 Å². The van der Waals surface area contributed by atoms with E-state index in [1.165, 1.54) is 23.2 Å². The van der Waals surface area contributed by atoms with Crippen LogP contribution >= 0.6 is 0 Å². The highest BCUT2D eigenvalue weighted by atomic mass is 32.2. The third-order valence-corrected chi connectivity index (χ3v) is 3.02. The van der Waals surface area contributed by atoms with E-state index in [0.29, 0.717) is 17.3 Å². The van der Waals surface area contributed by atoms with Gasteiger partial charge in [0, 0.05) is 37.8 Å². The largest absolute Gasteiger partial charge is 0.440 e. The Bertz CT molecular complexity index is 764. The Morgan fingerprint density at radius 3 is 2.80 bits per heavy atom. The molecular formula is C11H12N4O4S. The van der Waals surface area contributed by atoms with Gasteiger partial charge in [-0.15, -0.1) is 4.40 Å². The van der Waals surface area contributed by atoms with Gasteiger partial charge in [0.1, 0.15) is 17.6 Å². The number of carbonyl (C=O) groups excluding carboxylic acids is 1. The van der Waals surface area contributed by atoms with Gasteiger partial charge in [0.25, 0.3) is 0 Å². The normalized spacial score (nSPS) is 11.9. The monoisotopic (exact) mass is 296 g/mol. The summed E-state index contributed by atoms with van der Waals surface area (Å²) in [5.74, 6) is 0.000699. The fraction of sp³-hybridized carbons (Fsp3) is 0.182. The molecule has 0 saturated heterocycles. The molecule has 0 aliphatic carbocycles. The number of hydrogen-bond acceptors (Lipinski definition) is 5. The SMILES string of the molecule is CN(C)C=NS(=O)(=O)Nc1cc2cnc(C=O)cc2o1. The molecule has 1 N–H and O–H groups in total. The minimum Gasteiger partial charge on any atom is -0.440 e. The van der Waals surface area contributed by atoms with Crippen molar-refractivity contribution in [2.75, 3.05) is 18.8 Å². The van der Waals surface area contributed by atoms with Gasteiger partial charge >= 0.3 is 10.2 Å². The van der Waals surface area contributed by atoms with Gasteiger partial charge in [-0.05, 0) is 0 Å². The number of pyridine rings is 1. The van der Waals surface area contributed by atoms with Crippen molar-refractivity contribution in [1.82, 2.24) is 9.88 Å². The number of nitrogens with one attached hydrogen (secondary N) is 1. The molecule has 0 bridgehead atoms. The predicted octanol–water partition coefficient (Wildman–Crippen LogP) is 0.887. The Labute approximate surface area is 115 Å². The highest BCUT2D eigenvalue weighted by Gasteiger charge is 2.12. The maximum Gasteiger partial charge on any atom is 0.345 e. The molecule has 0 aromatic carbocycles. The second-order valence-electron chi connectivity index (χ2n) is 4.14. The first-order valence-electron chi connectivity index (χ1n) is 5.49. The first kappa shape index (κ1) is 14.0. The molecule has 20 heavy (non-hydrogen) atoms. The molecule has 0 radical (unpaired) electrons. The number of anilines is 1. The zero-order chi connectivity index (χ0) is 14.8. The van der Waals surface area contributed by atoms with E-state index in [4.69, 9.17) is 4.42 Å². The molecule has 2 aromatic rings. The lowest BCUT2D eigenvalue weighted by Crippen LogP contribution is -2.14. The maximum absolute atomic E-state index is 11.6. The summed E-state index contributed by atoms with van der Waals surface area (Å²) in [7, 11) is -0.608. The van der Waals surface area contributed by atoms with Crippen LogP contribution in [0.2, 0.25) is 0 Å². The van der Waals surface area contributed by atoms with Gasteiger partial charge in [-0.25, -0.2) is 4.72 Å². The Morgan fingerprint density at radius 2 is 2.15 bits per heavy atom. The second kappa shape index (κ2) is 5.29. The number of hydrogen-bond donors (Lipinski definition) is 1. The van der Waals surface area contributed by atoms with E-state index < -0.39 is 10.2 Å². The van der Waals surface area contributed by atoms with Crippen LogP contribution in [0.3, 0.4) is 0 Å². The van der Waals surface area contributed by atoms with Crippen molar-refractivity contribution >= 4 is 39.7 Å². The van der Waals surface area contributed by atoms with Crippen molar-refractivity contribution < 1.29 is 17.6 Å². The van der Waals surface area contributed by atoms with E-state index in [1.54, 1.807) is 14.1 Å². The van der Waals surface area contributed by atoms with Crippen LogP contribution < -0.4 is 4.72 Å². The molecule has 0 saturated carbocycles. The molecule has 0 atom stereocenters. The van der Waals surface area contributed by atoms with E-state index >= 15 is 0 Å². The van der Waals surface area contributed by atoms with Gasteiger partial charge in [-0.2, -0.15) is 8.42 Å². The molecule has 2 aromatic heterocycles. The van der Waals surface area contributed by atoms with Crippen LogP contribution in [0.4, 0.5) is 5.88 Å². The van der Waals surface area contributed by atoms with Gasteiger partial charge in [-0.1, -0.05) is 0 Å². The Balaban J connectivity index is 2.28. The molecule has 2 rings (SSSR count). The topological polar surface area (TPSA) is 105 Å². The van der Waals surface area contributed by atoms with Crippen LogP contribution in [0, 0.1) is 0 Å². The summed E-state index contributed by atoms with van der Waals surface area (Å²) in [5, 5.41) is 0.574. The molecule has 0 fully saturated rings. The molecule has 2 heterocycles. The van der Waals surface area contributed by atoms with Crippen LogP contribution in [0.15, 0.2) is 27.1 Å². The fourth-order valence-corrected chi connectivity index (χ4v) is 2.09. The average Bonchev–Trinajstić information content (AvgIpc) is 2.76. The van der Waals surface area contributed by atoms with Gasteiger partial charge in [0.2, 0.25) is 5.88 Å². The molecule has 8 nitrogen and oxygen atoms in total. The smallest absolute Gasteiger partial charge is 0.345 e. The van der Waals surface area contributed by atoms with Gasteiger partial charge in [0.05, 0.1) is 0 Å². The highest BCUT2D eigenvalue weighted by molar-refractivity contribution is 7.91. The Kier molecular flexibility index (Phi) is 3.70. The summed E-state index contributed by atoms with van der Waals surface area (Å²) in [6, 6.07) is 2.88. The summed E-state index contributed by atoms with van der Waals surface area (Å²) in [6.45, 7) is 0. The molecular weight excluding hydrogens is 284 g/mol.